The zero-order valence-electron chi connectivity index (χ0n) is 14.7. The predicted octanol–water partition coefficient (Wildman–Crippen LogP) is 3.54. The highest BCUT2D eigenvalue weighted by molar-refractivity contribution is 7.93. The molecule has 0 aliphatic carbocycles. The van der Waals surface area contributed by atoms with Crippen LogP contribution in [0.1, 0.15) is 5.56 Å². The molecule has 0 bridgehead atoms. The summed E-state index contributed by atoms with van der Waals surface area (Å²) in [5.41, 5.74) is 0.278. The first kappa shape index (κ1) is 18.9. The number of aromatic nitrogens is 3. The maximum absolute atomic E-state index is 13.9. The molecule has 0 fully saturated rings. The summed E-state index contributed by atoms with van der Waals surface area (Å²) in [6, 6.07) is 10.9. The molecule has 10 heteroatoms. The first-order chi connectivity index (χ1) is 13.9. The summed E-state index contributed by atoms with van der Waals surface area (Å²) in [4.78, 5) is -0.182. The summed E-state index contributed by atoms with van der Waals surface area (Å²) < 4.78 is 70.1. The first-order valence-electron chi connectivity index (χ1n) is 8.37. The van der Waals surface area contributed by atoms with E-state index in [1.54, 1.807) is 6.20 Å². The number of nitrogens with zero attached hydrogens (tertiary/aromatic N) is 4. The summed E-state index contributed by atoms with van der Waals surface area (Å²) in [6.45, 7) is -0.305. The van der Waals surface area contributed by atoms with Crippen LogP contribution in [-0.4, -0.2) is 23.0 Å². The lowest BCUT2D eigenvalue weighted by Crippen LogP contribution is -2.31. The van der Waals surface area contributed by atoms with E-state index in [2.05, 4.69) is 10.2 Å². The van der Waals surface area contributed by atoms with Crippen LogP contribution in [0.5, 0.6) is 0 Å². The smallest absolute Gasteiger partial charge is 0.268 e. The van der Waals surface area contributed by atoms with Crippen molar-refractivity contribution in [3.8, 4) is 0 Å². The van der Waals surface area contributed by atoms with Gasteiger partial charge >= 0.3 is 0 Å². The van der Waals surface area contributed by atoms with Crippen molar-refractivity contribution in [3.05, 3.63) is 90.1 Å². The summed E-state index contributed by atoms with van der Waals surface area (Å²) >= 11 is 0. The number of hydrogen-bond acceptors (Lipinski definition) is 4. The van der Waals surface area contributed by atoms with E-state index in [1.165, 1.54) is 47.1 Å². The number of halogens is 3. The molecule has 4 aromatic rings. The Bertz CT molecular complexity index is 1310. The molecule has 0 aliphatic rings. The molecule has 0 unspecified atom stereocenters. The molecule has 0 N–H and O–H groups in total. The molecule has 0 atom stereocenters. The molecule has 4 rings (SSSR count). The molecular weight excluding hydrogens is 405 g/mol. The Kier molecular flexibility index (Phi) is 4.71. The van der Waals surface area contributed by atoms with Crippen LogP contribution in [-0.2, 0) is 16.6 Å². The van der Waals surface area contributed by atoms with E-state index in [4.69, 9.17) is 0 Å². The van der Waals surface area contributed by atoms with E-state index < -0.39 is 27.5 Å². The maximum atomic E-state index is 13.9. The van der Waals surface area contributed by atoms with Gasteiger partial charge in [-0.05, 0) is 42.0 Å². The van der Waals surface area contributed by atoms with Crippen molar-refractivity contribution in [2.75, 3.05) is 4.31 Å². The van der Waals surface area contributed by atoms with Crippen molar-refractivity contribution in [2.24, 2.45) is 0 Å². The minimum atomic E-state index is -4.29. The van der Waals surface area contributed by atoms with Crippen LogP contribution in [0.2, 0.25) is 0 Å². The molecule has 148 valence electrons. The van der Waals surface area contributed by atoms with E-state index >= 15 is 0 Å². The molecule has 6 nitrogen and oxygen atoms in total. The van der Waals surface area contributed by atoms with Gasteiger partial charge in [0.15, 0.2) is 17.3 Å². The van der Waals surface area contributed by atoms with Gasteiger partial charge in [-0.25, -0.2) is 21.6 Å². The van der Waals surface area contributed by atoms with Gasteiger partial charge < -0.3 is 0 Å². The summed E-state index contributed by atoms with van der Waals surface area (Å²) in [6.07, 6.45) is 2.91. The number of benzene rings is 2. The molecule has 2 heterocycles. The van der Waals surface area contributed by atoms with Gasteiger partial charge in [0.05, 0.1) is 12.2 Å². The van der Waals surface area contributed by atoms with E-state index in [-0.39, 0.29) is 22.8 Å². The van der Waals surface area contributed by atoms with Gasteiger partial charge in [-0.1, -0.05) is 12.1 Å². The summed E-state index contributed by atoms with van der Waals surface area (Å²) in [7, 11) is -4.29. The van der Waals surface area contributed by atoms with E-state index in [0.29, 0.717) is 5.56 Å². The van der Waals surface area contributed by atoms with Gasteiger partial charge in [0.1, 0.15) is 17.0 Å². The lowest BCUT2D eigenvalue weighted by Gasteiger charge is -2.25. The van der Waals surface area contributed by atoms with Crippen molar-refractivity contribution in [3.63, 3.8) is 0 Å². The Balaban J connectivity index is 1.88. The molecule has 2 aromatic heterocycles. The van der Waals surface area contributed by atoms with Crippen LogP contribution in [0.15, 0.2) is 72.0 Å². The Morgan fingerprint density at radius 2 is 1.79 bits per heavy atom. The SMILES string of the molecule is O=S(=O)(c1cccn2cnnc12)N(Cc1cccc(F)c1)c1ccc(F)c(F)c1. The van der Waals surface area contributed by atoms with Crippen molar-refractivity contribution in [1.29, 1.82) is 0 Å². The van der Waals surface area contributed by atoms with Gasteiger partial charge in [-0.3, -0.25) is 8.71 Å². The second-order valence-electron chi connectivity index (χ2n) is 6.17. The number of fused-ring (bicyclic) bond motifs is 1. The fourth-order valence-electron chi connectivity index (χ4n) is 2.90. The van der Waals surface area contributed by atoms with Gasteiger partial charge in [-0.15, -0.1) is 10.2 Å². The predicted molar refractivity (Wildman–Crippen MR) is 99.1 cm³/mol. The van der Waals surface area contributed by atoms with Crippen LogP contribution >= 0.6 is 0 Å². The lowest BCUT2D eigenvalue weighted by molar-refractivity contribution is 0.508. The fraction of sp³-hybridized carbons (Fsp3) is 0.0526. The average molecular weight is 418 g/mol. The minimum absolute atomic E-state index is 0.0688. The molecule has 2 aromatic carbocycles. The zero-order chi connectivity index (χ0) is 20.6. The summed E-state index contributed by atoms with van der Waals surface area (Å²) in [5.74, 6) is -2.87. The number of hydrogen-bond donors (Lipinski definition) is 0. The number of sulfonamides is 1. The zero-order valence-corrected chi connectivity index (χ0v) is 15.5. The Hall–Kier alpha value is -3.40. The molecule has 29 heavy (non-hydrogen) atoms. The Labute approximate surface area is 163 Å². The summed E-state index contributed by atoms with van der Waals surface area (Å²) in [5, 5.41) is 7.53. The third kappa shape index (κ3) is 3.54. The van der Waals surface area contributed by atoms with Crippen LogP contribution in [0.4, 0.5) is 18.9 Å². The van der Waals surface area contributed by atoms with Gasteiger partial charge in [0, 0.05) is 12.3 Å². The Morgan fingerprint density at radius 3 is 2.55 bits per heavy atom. The first-order valence-corrected chi connectivity index (χ1v) is 9.81. The van der Waals surface area contributed by atoms with Crippen molar-refractivity contribution < 1.29 is 21.6 Å². The molecule has 0 saturated heterocycles. The van der Waals surface area contributed by atoms with Gasteiger partial charge in [0.2, 0.25) is 0 Å². The second-order valence-corrected chi connectivity index (χ2v) is 8.01. The molecular formula is C19H13F3N4O2S. The van der Waals surface area contributed by atoms with Crippen molar-refractivity contribution >= 4 is 21.4 Å². The molecule has 0 radical (unpaired) electrons. The van der Waals surface area contributed by atoms with Crippen molar-refractivity contribution in [2.45, 2.75) is 11.4 Å². The highest BCUT2D eigenvalue weighted by Gasteiger charge is 2.29. The molecule has 0 amide bonds. The van der Waals surface area contributed by atoms with Crippen molar-refractivity contribution in [1.82, 2.24) is 14.6 Å². The van der Waals surface area contributed by atoms with Crippen LogP contribution in [0.3, 0.4) is 0 Å². The highest BCUT2D eigenvalue weighted by Crippen LogP contribution is 2.29. The monoisotopic (exact) mass is 418 g/mol. The fourth-order valence-corrected chi connectivity index (χ4v) is 4.48. The largest absolute Gasteiger partial charge is 0.288 e. The molecule has 0 spiro atoms. The van der Waals surface area contributed by atoms with Crippen LogP contribution in [0, 0.1) is 17.5 Å². The van der Waals surface area contributed by atoms with Gasteiger partial charge in [0.25, 0.3) is 10.0 Å². The number of anilines is 1. The quantitative estimate of drug-likeness (QED) is 0.497. The second kappa shape index (κ2) is 7.21. The Morgan fingerprint density at radius 1 is 0.966 bits per heavy atom. The van der Waals surface area contributed by atoms with Crippen LogP contribution < -0.4 is 4.31 Å². The minimum Gasteiger partial charge on any atom is -0.288 e. The van der Waals surface area contributed by atoms with E-state index in [1.807, 2.05) is 0 Å². The van der Waals surface area contributed by atoms with E-state index in [9.17, 15) is 21.6 Å². The normalized spacial score (nSPS) is 11.7. The lowest BCUT2D eigenvalue weighted by atomic mass is 10.2. The van der Waals surface area contributed by atoms with Gasteiger partial charge in [-0.2, -0.15) is 0 Å². The van der Waals surface area contributed by atoms with Crippen LogP contribution in [0.25, 0.3) is 5.65 Å². The third-order valence-corrected chi connectivity index (χ3v) is 6.06. The maximum Gasteiger partial charge on any atom is 0.268 e. The standard InChI is InChI=1S/C19H13F3N4O2S/c20-14-4-1-3-13(9-14)11-26(15-6-7-16(21)17(22)10-15)29(27,28)18-5-2-8-25-12-23-24-19(18)25/h1-10,12H,11H2. The number of rotatable bonds is 5. The third-order valence-electron chi connectivity index (χ3n) is 4.26. The molecule has 0 saturated carbocycles. The average Bonchev–Trinajstić information content (AvgIpc) is 3.17. The number of pyridine rings is 1. The topological polar surface area (TPSA) is 67.6 Å². The van der Waals surface area contributed by atoms with E-state index in [0.717, 1.165) is 22.5 Å². The molecule has 0 aliphatic heterocycles. The highest BCUT2D eigenvalue weighted by atomic mass is 32.2.